The molecule has 0 fully saturated rings. The van der Waals surface area contributed by atoms with Crippen LogP contribution >= 0.6 is 0 Å². The first-order chi connectivity index (χ1) is 5.74. The Morgan fingerprint density at radius 2 is 1.83 bits per heavy atom. The van der Waals surface area contributed by atoms with Gasteiger partial charge in [-0.1, -0.05) is 17.7 Å². The first kappa shape index (κ1) is 9.03. The Labute approximate surface area is 71.8 Å². The zero-order valence-corrected chi connectivity index (χ0v) is 7.07. The average molecular weight is 167 g/mol. The summed E-state index contributed by atoms with van der Waals surface area (Å²) < 4.78 is 0. The molecule has 0 aliphatic heterocycles. The van der Waals surface area contributed by atoms with Gasteiger partial charge in [0.25, 0.3) is 0 Å². The summed E-state index contributed by atoms with van der Waals surface area (Å²) in [6.45, 7) is 2.17. The van der Waals surface area contributed by atoms with Gasteiger partial charge in [-0.25, -0.2) is 0 Å². The lowest BCUT2D eigenvalue weighted by molar-refractivity contribution is 0.210. The largest absolute Gasteiger partial charge is 0.394 e. The summed E-state index contributed by atoms with van der Waals surface area (Å²) in [5.41, 5.74) is 1.85. The van der Waals surface area contributed by atoms with Crippen LogP contribution in [0.15, 0.2) is 24.3 Å². The predicted molar refractivity (Wildman–Crippen MR) is 47.4 cm³/mol. The molecular formula is C9H13NO2. The lowest BCUT2D eigenvalue weighted by Crippen LogP contribution is -2.21. The van der Waals surface area contributed by atoms with Crippen LogP contribution in [0.2, 0.25) is 0 Å². The molecule has 0 aliphatic carbocycles. The summed E-state index contributed by atoms with van der Waals surface area (Å²) >= 11 is 0. The van der Waals surface area contributed by atoms with Crippen molar-refractivity contribution < 1.29 is 10.3 Å². The van der Waals surface area contributed by atoms with E-state index in [0.717, 1.165) is 10.6 Å². The standard InChI is InChI=1S/C9H13NO2/c1-8-2-4-9(5-3-8)10(12)6-7-11/h2-5,11-12H,6-7H2,1H3. The summed E-state index contributed by atoms with van der Waals surface area (Å²) in [5, 5.41) is 18.9. The third kappa shape index (κ3) is 2.22. The Balaban J connectivity index is 2.68. The molecule has 0 saturated carbocycles. The van der Waals surface area contributed by atoms with E-state index in [1.54, 1.807) is 0 Å². The van der Waals surface area contributed by atoms with Crippen LogP contribution in [-0.2, 0) is 0 Å². The van der Waals surface area contributed by atoms with Gasteiger partial charge in [0.15, 0.2) is 0 Å². The van der Waals surface area contributed by atoms with Crippen LogP contribution in [0.4, 0.5) is 5.69 Å². The van der Waals surface area contributed by atoms with E-state index < -0.39 is 0 Å². The van der Waals surface area contributed by atoms with Gasteiger partial charge in [0, 0.05) is 0 Å². The van der Waals surface area contributed by atoms with Crippen molar-refractivity contribution in [2.75, 3.05) is 18.2 Å². The summed E-state index contributed by atoms with van der Waals surface area (Å²) in [7, 11) is 0. The van der Waals surface area contributed by atoms with E-state index in [-0.39, 0.29) is 13.2 Å². The van der Waals surface area contributed by atoms with Crippen LogP contribution in [0.1, 0.15) is 5.56 Å². The molecule has 1 rings (SSSR count). The van der Waals surface area contributed by atoms with E-state index in [0.29, 0.717) is 5.69 Å². The van der Waals surface area contributed by atoms with E-state index in [9.17, 15) is 5.21 Å². The lowest BCUT2D eigenvalue weighted by atomic mass is 10.2. The van der Waals surface area contributed by atoms with Gasteiger partial charge < -0.3 is 5.11 Å². The molecular weight excluding hydrogens is 154 g/mol. The highest BCUT2D eigenvalue weighted by molar-refractivity contribution is 5.44. The third-order valence-electron chi connectivity index (χ3n) is 1.64. The molecule has 0 heterocycles. The van der Waals surface area contributed by atoms with Crippen LogP contribution in [0.3, 0.4) is 0 Å². The van der Waals surface area contributed by atoms with Crippen molar-refractivity contribution in [1.82, 2.24) is 0 Å². The van der Waals surface area contributed by atoms with Crippen molar-refractivity contribution in [2.24, 2.45) is 0 Å². The van der Waals surface area contributed by atoms with E-state index in [1.807, 2.05) is 31.2 Å². The molecule has 12 heavy (non-hydrogen) atoms. The fourth-order valence-corrected chi connectivity index (χ4v) is 0.941. The molecule has 0 bridgehead atoms. The molecule has 3 nitrogen and oxygen atoms in total. The van der Waals surface area contributed by atoms with E-state index in [1.165, 1.54) is 0 Å². The Hall–Kier alpha value is -1.06. The number of aliphatic hydroxyl groups excluding tert-OH is 1. The summed E-state index contributed by atoms with van der Waals surface area (Å²) in [5.74, 6) is 0. The van der Waals surface area contributed by atoms with Gasteiger partial charge in [-0.2, -0.15) is 0 Å². The molecule has 0 aliphatic rings. The minimum atomic E-state index is -0.0512. The Bertz CT molecular complexity index is 233. The second-order valence-electron chi connectivity index (χ2n) is 2.68. The van der Waals surface area contributed by atoms with Gasteiger partial charge in [0.1, 0.15) is 0 Å². The van der Waals surface area contributed by atoms with Crippen LogP contribution in [0, 0.1) is 6.92 Å². The molecule has 3 heteroatoms. The number of anilines is 1. The summed E-state index contributed by atoms with van der Waals surface area (Å²) in [4.78, 5) is 0. The molecule has 0 spiro atoms. The van der Waals surface area contributed by atoms with Crippen molar-refractivity contribution in [3.63, 3.8) is 0 Å². The third-order valence-corrected chi connectivity index (χ3v) is 1.64. The number of hydroxylamine groups is 1. The van der Waals surface area contributed by atoms with Crippen LogP contribution < -0.4 is 5.06 Å². The first-order valence-corrected chi connectivity index (χ1v) is 3.88. The fraction of sp³-hybridized carbons (Fsp3) is 0.333. The summed E-state index contributed by atoms with van der Waals surface area (Å²) in [6.07, 6.45) is 0. The smallest absolute Gasteiger partial charge is 0.0685 e. The van der Waals surface area contributed by atoms with Gasteiger partial charge in [-0.05, 0) is 19.1 Å². The predicted octanol–water partition coefficient (Wildman–Crippen LogP) is 1.18. The highest BCUT2D eigenvalue weighted by atomic mass is 16.5. The Morgan fingerprint density at radius 1 is 1.25 bits per heavy atom. The number of nitrogens with zero attached hydrogens (tertiary/aromatic N) is 1. The zero-order chi connectivity index (χ0) is 8.97. The second-order valence-corrected chi connectivity index (χ2v) is 2.68. The quantitative estimate of drug-likeness (QED) is 0.664. The average Bonchev–Trinajstić information content (AvgIpc) is 2.06. The number of aryl methyl sites for hydroxylation is 1. The highest BCUT2D eigenvalue weighted by Crippen LogP contribution is 2.12. The van der Waals surface area contributed by atoms with E-state index >= 15 is 0 Å². The zero-order valence-electron chi connectivity index (χ0n) is 7.07. The number of rotatable bonds is 3. The number of hydrogen-bond acceptors (Lipinski definition) is 3. The molecule has 0 aromatic heterocycles. The second kappa shape index (κ2) is 4.09. The van der Waals surface area contributed by atoms with Crippen molar-refractivity contribution in [3.8, 4) is 0 Å². The molecule has 0 amide bonds. The maximum absolute atomic E-state index is 9.28. The van der Waals surface area contributed by atoms with Crippen LogP contribution in [0.25, 0.3) is 0 Å². The number of aliphatic hydroxyl groups is 1. The topological polar surface area (TPSA) is 43.7 Å². The molecule has 1 aromatic rings. The lowest BCUT2D eigenvalue weighted by Gasteiger charge is -2.15. The minimum absolute atomic E-state index is 0.0512. The minimum Gasteiger partial charge on any atom is -0.394 e. The summed E-state index contributed by atoms with van der Waals surface area (Å²) in [6, 6.07) is 7.45. The molecule has 66 valence electrons. The van der Waals surface area contributed by atoms with Crippen molar-refractivity contribution in [2.45, 2.75) is 6.92 Å². The van der Waals surface area contributed by atoms with Crippen molar-refractivity contribution in [3.05, 3.63) is 29.8 Å². The molecule has 2 N–H and O–H groups in total. The van der Waals surface area contributed by atoms with Gasteiger partial charge in [0.05, 0.1) is 18.8 Å². The van der Waals surface area contributed by atoms with E-state index in [4.69, 9.17) is 5.11 Å². The van der Waals surface area contributed by atoms with Gasteiger partial charge in [-0.3, -0.25) is 10.3 Å². The van der Waals surface area contributed by atoms with E-state index in [2.05, 4.69) is 0 Å². The highest BCUT2D eigenvalue weighted by Gasteiger charge is 1.99. The van der Waals surface area contributed by atoms with Crippen LogP contribution in [0.5, 0.6) is 0 Å². The van der Waals surface area contributed by atoms with Gasteiger partial charge in [0.2, 0.25) is 0 Å². The van der Waals surface area contributed by atoms with Gasteiger partial charge in [-0.15, -0.1) is 0 Å². The molecule has 0 atom stereocenters. The first-order valence-electron chi connectivity index (χ1n) is 3.88. The normalized spacial score (nSPS) is 9.92. The Morgan fingerprint density at radius 3 is 2.33 bits per heavy atom. The van der Waals surface area contributed by atoms with Crippen molar-refractivity contribution in [1.29, 1.82) is 0 Å². The molecule has 0 unspecified atom stereocenters. The van der Waals surface area contributed by atoms with Gasteiger partial charge >= 0.3 is 0 Å². The number of hydrogen-bond donors (Lipinski definition) is 2. The maximum atomic E-state index is 9.28. The fourth-order valence-electron chi connectivity index (χ4n) is 0.941. The number of benzene rings is 1. The SMILES string of the molecule is Cc1ccc(N(O)CCO)cc1. The van der Waals surface area contributed by atoms with Crippen LogP contribution in [-0.4, -0.2) is 23.5 Å². The Kier molecular flexibility index (Phi) is 3.08. The molecule has 0 saturated heterocycles. The monoisotopic (exact) mass is 167 g/mol. The molecule has 0 radical (unpaired) electrons. The van der Waals surface area contributed by atoms with Crippen molar-refractivity contribution >= 4 is 5.69 Å². The maximum Gasteiger partial charge on any atom is 0.0685 e. The molecule has 1 aromatic carbocycles.